The molecule has 1 amide bonds. The summed E-state index contributed by atoms with van der Waals surface area (Å²) in [6, 6.07) is 12.0. The summed E-state index contributed by atoms with van der Waals surface area (Å²) in [5, 5.41) is 3.34. The van der Waals surface area contributed by atoms with Gasteiger partial charge in [-0.05, 0) is 31.2 Å². The molecule has 5 heteroatoms. The third kappa shape index (κ3) is 3.91. The van der Waals surface area contributed by atoms with Crippen LogP contribution in [0.15, 0.2) is 42.7 Å². The van der Waals surface area contributed by atoms with Crippen LogP contribution in [0.3, 0.4) is 0 Å². The molecule has 0 bridgehead atoms. The number of rotatable bonds is 4. The molecule has 1 atom stereocenters. The Bertz CT molecular complexity index is 681. The van der Waals surface area contributed by atoms with Gasteiger partial charge in [0.1, 0.15) is 17.8 Å². The Morgan fingerprint density at radius 1 is 1.21 bits per heavy atom. The highest BCUT2D eigenvalue weighted by Gasteiger charge is 2.22. The predicted molar refractivity (Wildman–Crippen MR) is 94.8 cm³/mol. The van der Waals surface area contributed by atoms with Crippen LogP contribution in [-0.2, 0) is 0 Å². The monoisotopic (exact) mass is 324 g/mol. The van der Waals surface area contributed by atoms with Crippen molar-refractivity contribution in [2.45, 2.75) is 32.7 Å². The highest BCUT2D eigenvalue weighted by molar-refractivity contribution is 5.93. The van der Waals surface area contributed by atoms with Gasteiger partial charge in [0.25, 0.3) is 5.91 Å². The van der Waals surface area contributed by atoms with E-state index in [1.54, 1.807) is 6.07 Å². The molecule has 2 heterocycles. The fraction of sp³-hybridized carbons (Fsp3) is 0.421. The van der Waals surface area contributed by atoms with Crippen LogP contribution in [0.1, 0.15) is 48.8 Å². The van der Waals surface area contributed by atoms with Gasteiger partial charge in [0.15, 0.2) is 0 Å². The molecule has 1 fully saturated rings. The van der Waals surface area contributed by atoms with Gasteiger partial charge in [0.05, 0.1) is 0 Å². The molecule has 2 aromatic rings. The van der Waals surface area contributed by atoms with Crippen molar-refractivity contribution in [3.63, 3.8) is 0 Å². The minimum Gasteiger partial charge on any atom is -0.363 e. The average molecular weight is 324 g/mol. The minimum atomic E-state index is -0.000265. The number of likely N-dealkylation sites (tertiary alicyclic amines) is 1. The van der Waals surface area contributed by atoms with E-state index in [4.69, 9.17) is 0 Å². The minimum absolute atomic E-state index is 0.000265. The van der Waals surface area contributed by atoms with Crippen molar-refractivity contribution in [3.05, 3.63) is 54.0 Å². The quantitative estimate of drug-likeness (QED) is 0.935. The maximum Gasteiger partial charge on any atom is 0.272 e. The van der Waals surface area contributed by atoms with Crippen molar-refractivity contribution in [2.24, 2.45) is 5.92 Å². The summed E-state index contributed by atoms with van der Waals surface area (Å²) in [7, 11) is 0. The van der Waals surface area contributed by atoms with E-state index in [1.165, 1.54) is 11.9 Å². The van der Waals surface area contributed by atoms with E-state index in [2.05, 4.69) is 41.3 Å². The predicted octanol–water partition coefficient (Wildman–Crippen LogP) is 3.52. The largest absolute Gasteiger partial charge is 0.363 e. The molecule has 1 aliphatic heterocycles. The van der Waals surface area contributed by atoms with Crippen LogP contribution < -0.4 is 5.32 Å². The first-order valence-electron chi connectivity index (χ1n) is 8.56. The molecule has 24 heavy (non-hydrogen) atoms. The van der Waals surface area contributed by atoms with Gasteiger partial charge >= 0.3 is 0 Å². The summed E-state index contributed by atoms with van der Waals surface area (Å²) in [6.45, 7) is 5.94. The number of carbonyl (C=O) groups is 1. The molecule has 0 spiro atoms. The Morgan fingerprint density at radius 2 is 1.92 bits per heavy atom. The lowest BCUT2D eigenvalue weighted by atomic mass is 9.99. The average Bonchev–Trinajstić information content (AvgIpc) is 2.63. The Labute approximate surface area is 143 Å². The summed E-state index contributed by atoms with van der Waals surface area (Å²) < 4.78 is 0. The van der Waals surface area contributed by atoms with E-state index >= 15 is 0 Å². The number of benzene rings is 1. The first kappa shape index (κ1) is 16.4. The van der Waals surface area contributed by atoms with Crippen LogP contribution in [-0.4, -0.2) is 33.9 Å². The zero-order chi connectivity index (χ0) is 16.9. The third-order valence-electron chi connectivity index (χ3n) is 4.62. The molecule has 126 valence electrons. The second-order valence-corrected chi connectivity index (χ2v) is 6.54. The van der Waals surface area contributed by atoms with E-state index in [0.29, 0.717) is 17.4 Å². The number of anilines is 1. The van der Waals surface area contributed by atoms with Crippen LogP contribution in [0.4, 0.5) is 5.82 Å². The van der Waals surface area contributed by atoms with Crippen LogP contribution in [0.25, 0.3) is 0 Å². The van der Waals surface area contributed by atoms with Crippen molar-refractivity contribution < 1.29 is 4.79 Å². The van der Waals surface area contributed by atoms with Gasteiger partial charge in [0, 0.05) is 25.2 Å². The molecule has 0 aliphatic carbocycles. The second-order valence-electron chi connectivity index (χ2n) is 6.54. The molecule has 5 nitrogen and oxygen atoms in total. The SMILES string of the molecule is CC1CCN(C(=O)c2cc(NC(C)c3ccccc3)ncn2)CC1. The molecule has 0 radical (unpaired) electrons. The highest BCUT2D eigenvalue weighted by Crippen LogP contribution is 2.20. The number of aromatic nitrogens is 2. The van der Waals surface area contributed by atoms with Gasteiger partial charge in [-0.25, -0.2) is 9.97 Å². The van der Waals surface area contributed by atoms with Crippen LogP contribution in [0.2, 0.25) is 0 Å². The molecule has 1 unspecified atom stereocenters. The molecule has 1 N–H and O–H groups in total. The number of hydrogen-bond donors (Lipinski definition) is 1. The van der Waals surface area contributed by atoms with Crippen LogP contribution >= 0.6 is 0 Å². The van der Waals surface area contributed by atoms with Gasteiger partial charge in [0.2, 0.25) is 0 Å². The van der Waals surface area contributed by atoms with Gasteiger partial charge in [-0.3, -0.25) is 4.79 Å². The van der Waals surface area contributed by atoms with Gasteiger partial charge in [-0.15, -0.1) is 0 Å². The summed E-state index contributed by atoms with van der Waals surface area (Å²) in [4.78, 5) is 22.9. The van der Waals surface area contributed by atoms with Gasteiger partial charge in [-0.2, -0.15) is 0 Å². The number of hydrogen-bond acceptors (Lipinski definition) is 4. The molecule has 1 aliphatic rings. The number of piperidine rings is 1. The number of nitrogens with zero attached hydrogens (tertiary/aromatic N) is 3. The van der Waals surface area contributed by atoms with E-state index in [1.807, 2.05) is 23.1 Å². The molecule has 1 aromatic heterocycles. The number of nitrogens with one attached hydrogen (secondary N) is 1. The molecule has 1 aromatic carbocycles. The fourth-order valence-electron chi connectivity index (χ4n) is 2.97. The van der Waals surface area contributed by atoms with Crippen LogP contribution in [0, 0.1) is 5.92 Å². The summed E-state index contributed by atoms with van der Waals surface area (Å²) >= 11 is 0. The lowest BCUT2D eigenvalue weighted by Crippen LogP contribution is -2.38. The number of carbonyl (C=O) groups excluding carboxylic acids is 1. The Morgan fingerprint density at radius 3 is 2.62 bits per heavy atom. The smallest absolute Gasteiger partial charge is 0.272 e. The Hall–Kier alpha value is -2.43. The van der Waals surface area contributed by atoms with E-state index in [9.17, 15) is 4.79 Å². The lowest BCUT2D eigenvalue weighted by Gasteiger charge is -2.30. The Kier molecular flexibility index (Phi) is 5.08. The first-order chi connectivity index (χ1) is 11.6. The van der Waals surface area contributed by atoms with Gasteiger partial charge < -0.3 is 10.2 Å². The second kappa shape index (κ2) is 7.43. The van der Waals surface area contributed by atoms with Gasteiger partial charge in [-0.1, -0.05) is 37.3 Å². The van der Waals surface area contributed by atoms with Crippen molar-refractivity contribution in [1.82, 2.24) is 14.9 Å². The number of amides is 1. The van der Waals surface area contributed by atoms with Crippen molar-refractivity contribution in [1.29, 1.82) is 0 Å². The molecule has 1 saturated heterocycles. The highest BCUT2D eigenvalue weighted by atomic mass is 16.2. The Balaban J connectivity index is 1.69. The zero-order valence-corrected chi connectivity index (χ0v) is 14.3. The van der Waals surface area contributed by atoms with E-state index in [-0.39, 0.29) is 11.9 Å². The van der Waals surface area contributed by atoms with Crippen LogP contribution in [0.5, 0.6) is 0 Å². The normalized spacial score (nSPS) is 16.7. The summed E-state index contributed by atoms with van der Waals surface area (Å²) in [6.07, 6.45) is 3.58. The third-order valence-corrected chi connectivity index (χ3v) is 4.62. The van der Waals surface area contributed by atoms with Crippen molar-refractivity contribution in [2.75, 3.05) is 18.4 Å². The molecular formula is C19H24N4O. The van der Waals surface area contributed by atoms with Crippen molar-refractivity contribution >= 4 is 11.7 Å². The van der Waals surface area contributed by atoms with E-state index in [0.717, 1.165) is 25.9 Å². The zero-order valence-electron chi connectivity index (χ0n) is 14.3. The summed E-state index contributed by atoms with van der Waals surface area (Å²) in [5.74, 6) is 1.37. The first-order valence-corrected chi connectivity index (χ1v) is 8.56. The standard InChI is InChI=1S/C19H24N4O/c1-14-8-10-23(11-9-14)19(24)17-12-18(21-13-20-17)22-15(2)16-6-4-3-5-7-16/h3-7,12-15H,8-11H2,1-2H3,(H,20,21,22). The maximum atomic E-state index is 12.6. The molecule has 0 saturated carbocycles. The van der Waals surface area contributed by atoms with Crippen molar-refractivity contribution in [3.8, 4) is 0 Å². The maximum absolute atomic E-state index is 12.6. The fourth-order valence-corrected chi connectivity index (χ4v) is 2.97. The molecule has 3 rings (SSSR count). The van der Waals surface area contributed by atoms with E-state index < -0.39 is 0 Å². The summed E-state index contributed by atoms with van der Waals surface area (Å²) in [5.41, 5.74) is 1.64. The lowest BCUT2D eigenvalue weighted by molar-refractivity contribution is 0.0691. The molecular weight excluding hydrogens is 300 g/mol. The topological polar surface area (TPSA) is 58.1 Å².